The van der Waals surface area contributed by atoms with E-state index in [1.54, 1.807) is 0 Å². The molecule has 0 amide bonds. The first-order valence-electron chi connectivity index (χ1n) is 35.3. The number of phosphoric ester groups is 2. The van der Waals surface area contributed by atoms with E-state index in [2.05, 4.69) is 55.4 Å². The van der Waals surface area contributed by atoms with Crippen molar-refractivity contribution >= 4 is 39.5 Å². The predicted molar refractivity (Wildman–Crippen MR) is 349 cm³/mol. The van der Waals surface area contributed by atoms with Gasteiger partial charge < -0.3 is 33.8 Å². The second kappa shape index (κ2) is 57.9. The third kappa shape index (κ3) is 60.1. The largest absolute Gasteiger partial charge is 0.472 e. The Hall–Kier alpha value is -1.94. The number of carbonyl (C=O) groups excluding carboxylic acids is 4. The summed E-state index contributed by atoms with van der Waals surface area (Å²) in [6, 6.07) is 0. The summed E-state index contributed by atoms with van der Waals surface area (Å²) in [5, 5.41) is 10.6. The van der Waals surface area contributed by atoms with Crippen molar-refractivity contribution in [3.63, 3.8) is 0 Å². The average molecular weight is 1280 g/mol. The summed E-state index contributed by atoms with van der Waals surface area (Å²) in [4.78, 5) is 72.4. The molecule has 0 radical (unpaired) electrons. The maximum absolute atomic E-state index is 13.0. The van der Waals surface area contributed by atoms with Crippen LogP contribution in [0.5, 0.6) is 0 Å². The molecule has 0 aromatic heterocycles. The average Bonchev–Trinajstić information content (AvgIpc) is 3.65. The lowest BCUT2D eigenvalue weighted by atomic mass is 9.99. The highest BCUT2D eigenvalue weighted by Gasteiger charge is 2.30. The Kier molecular flexibility index (Phi) is 56.6. The molecule has 0 rings (SSSR count). The summed E-state index contributed by atoms with van der Waals surface area (Å²) in [7, 11) is -9.90. The van der Waals surface area contributed by atoms with Crippen molar-refractivity contribution in [2.75, 3.05) is 39.6 Å². The van der Waals surface area contributed by atoms with E-state index in [0.717, 1.165) is 114 Å². The minimum absolute atomic E-state index is 0.104. The van der Waals surface area contributed by atoms with E-state index in [4.69, 9.17) is 37.0 Å². The summed E-state index contributed by atoms with van der Waals surface area (Å²) >= 11 is 0. The van der Waals surface area contributed by atoms with Crippen molar-refractivity contribution in [2.24, 2.45) is 23.7 Å². The van der Waals surface area contributed by atoms with E-state index in [0.29, 0.717) is 31.6 Å². The number of aliphatic hydroxyl groups is 1. The van der Waals surface area contributed by atoms with Gasteiger partial charge in [-0.3, -0.25) is 37.3 Å². The van der Waals surface area contributed by atoms with Crippen LogP contribution in [0.4, 0.5) is 0 Å². The molecule has 0 saturated heterocycles. The molecular weight excluding hydrogens is 1150 g/mol. The highest BCUT2D eigenvalue weighted by Crippen LogP contribution is 2.45. The summed E-state index contributed by atoms with van der Waals surface area (Å²) in [6.45, 7) is 14.1. The van der Waals surface area contributed by atoms with Crippen LogP contribution in [-0.2, 0) is 65.4 Å². The molecule has 0 heterocycles. The Balaban J connectivity index is 5.27. The topological polar surface area (TPSA) is 237 Å². The third-order valence-corrected chi connectivity index (χ3v) is 18.2. The Morgan fingerprint density at radius 2 is 0.552 bits per heavy atom. The van der Waals surface area contributed by atoms with Gasteiger partial charge in [0, 0.05) is 25.7 Å². The van der Waals surface area contributed by atoms with Crippen LogP contribution in [0.3, 0.4) is 0 Å². The number of phosphoric acid groups is 2. The maximum atomic E-state index is 13.0. The number of unbranched alkanes of at least 4 members (excludes halogenated alkanes) is 29. The molecule has 0 aromatic carbocycles. The van der Waals surface area contributed by atoms with Crippen molar-refractivity contribution in [1.82, 2.24) is 0 Å². The minimum Gasteiger partial charge on any atom is -0.462 e. The number of carbonyl (C=O) groups is 4. The number of esters is 4. The highest BCUT2D eigenvalue weighted by atomic mass is 31.2. The van der Waals surface area contributed by atoms with Gasteiger partial charge in [0.1, 0.15) is 19.3 Å². The summed E-state index contributed by atoms with van der Waals surface area (Å²) in [6.07, 6.45) is 38.9. The van der Waals surface area contributed by atoms with Crippen LogP contribution in [0.1, 0.15) is 331 Å². The van der Waals surface area contributed by atoms with E-state index in [-0.39, 0.29) is 25.7 Å². The lowest BCUT2D eigenvalue weighted by Crippen LogP contribution is -2.30. The molecule has 0 aromatic rings. The van der Waals surface area contributed by atoms with Gasteiger partial charge in [-0.25, -0.2) is 9.13 Å². The molecule has 0 bridgehead atoms. The van der Waals surface area contributed by atoms with Gasteiger partial charge in [-0.05, 0) is 49.4 Å². The van der Waals surface area contributed by atoms with Gasteiger partial charge in [0.15, 0.2) is 12.2 Å². The smallest absolute Gasteiger partial charge is 0.462 e. The molecule has 0 aliphatic rings. The molecule has 516 valence electrons. The number of rotatable bonds is 65. The standard InChI is InChI=1S/C68H132O17P2/c1-9-60(7)46-38-30-22-15-17-25-34-42-50-67(72)84-63(54-78-65(70)48-40-32-24-14-12-11-13-20-28-36-44-58(3)4)56-82-86(74,75)80-52-62(69)53-81-87(76,77)83-57-64(55-79-66(71)49-41-33-27-19-21-29-37-45-59(5)6)85-68(73)51-43-35-26-18-16-23-31-39-47-61(8)10-2/h58-64,69H,9-57H2,1-8H3,(H,74,75)(H,76,77)/t60?,61?,62?,63-,64-/m1/s1. The molecule has 0 fully saturated rings. The van der Waals surface area contributed by atoms with Crippen LogP contribution in [0.15, 0.2) is 0 Å². The van der Waals surface area contributed by atoms with E-state index in [1.807, 2.05) is 0 Å². The van der Waals surface area contributed by atoms with Gasteiger partial charge >= 0.3 is 39.5 Å². The van der Waals surface area contributed by atoms with E-state index >= 15 is 0 Å². The Morgan fingerprint density at radius 3 is 0.816 bits per heavy atom. The number of hydrogen-bond donors (Lipinski definition) is 3. The van der Waals surface area contributed by atoms with Crippen molar-refractivity contribution in [3.8, 4) is 0 Å². The maximum Gasteiger partial charge on any atom is 0.472 e. The van der Waals surface area contributed by atoms with Crippen LogP contribution in [0.25, 0.3) is 0 Å². The molecule has 0 saturated carbocycles. The predicted octanol–water partition coefficient (Wildman–Crippen LogP) is 18.9. The van der Waals surface area contributed by atoms with Gasteiger partial charge in [-0.1, -0.05) is 280 Å². The molecule has 7 atom stereocenters. The molecule has 0 aliphatic heterocycles. The van der Waals surface area contributed by atoms with Gasteiger partial charge in [0.25, 0.3) is 0 Å². The lowest BCUT2D eigenvalue weighted by molar-refractivity contribution is -0.161. The van der Waals surface area contributed by atoms with E-state index in [9.17, 15) is 43.2 Å². The zero-order valence-corrected chi connectivity index (χ0v) is 58.4. The SMILES string of the molecule is CCC(C)CCCCCCCCCCC(=O)O[C@H](COC(=O)CCCCCCCCCCCCC(C)C)COP(=O)(O)OCC(O)COP(=O)(O)OC[C@@H](COC(=O)CCCCCCCCCC(C)C)OC(=O)CCCCCCCCCCC(C)CC. The van der Waals surface area contributed by atoms with Gasteiger partial charge in [0.05, 0.1) is 26.4 Å². The monoisotopic (exact) mass is 1280 g/mol. The summed E-state index contributed by atoms with van der Waals surface area (Å²) in [5.74, 6) is 0.868. The first-order chi connectivity index (χ1) is 41.7. The third-order valence-electron chi connectivity index (χ3n) is 16.3. The number of ether oxygens (including phenoxy) is 4. The molecular formula is C68H132O17P2. The van der Waals surface area contributed by atoms with Crippen LogP contribution in [0, 0.1) is 23.7 Å². The normalized spacial score (nSPS) is 15.0. The molecule has 0 spiro atoms. The quantitative estimate of drug-likeness (QED) is 0.0222. The fourth-order valence-corrected chi connectivity index (χ4v) is 11.7. The summed E-state index contributed by atoms with van der Waals surface area (Å²) < 4.78 is 68.2. The van der Waals surface area contributed by atoms with Gasteiger partial charge in [-0.2, -0.15) is 0 Å². The highest BCUT2D eigenvalue weighted by molar-refractivity contribution is 7.47. The van der Waals surface area contributed by atoms with E-state index < -0.39 is 97.5 Å². The second-order valence-electron chi connectivity index (χ2n) is 26.0. The zero-order valence-electron chi connectivity index (χ0n) is 56.6. The molecule has 3 N–H and O–H groups in total. The number of hydrogen-bond acceptors (Lipinski definition) is 15. The van der Waals surface area contributed by atoms with Crippen LogP contribution < -0.4 is 0 Å². The van der Waals surface area contributed by atoms with Crippen molar-refractivity contribution in [1.29, 1.82) is 0 Å². The minimum atomic E-state index is -4.95. The lowest BCUT2D eigenvalue weighted by Gasteiger charge is -2.21. The van der Waals surface area contributed by atoms with Crippen molar-refractivity contribution in [3.05, 3.63) is 0 Å². The van der Waals surface area contributed by atoms with Crippen molar-refractivity contribution < 1.29 is 80.2 Å². The van der Waals surface area contributed by atoms with Crippen LogP contribution in [-0.4, -0.2) is 96.7 Å². The van der Waals surface area contributed by atoms with E-state index in [1.165, 1.54) is 128 Å². The van der Waals surface area contributed by atoms with Crippen LogP contribution >= 0.6 is 15.6 Å². The molecule has 19 heteroatoms. The zero-order chi connectivity index (χ0) is 64.7. The van der Waals surface area contributed by atoms with Gasteiger partial charge in [0.2, 0.25) is 0 Å². The van der Waals surface area contributed by atoms with Gasteiger partial charge in [-0.15, -0.1) is 0 Å². The molecule has 5 unspecified atom stereocenters. The fourth-order valence-electron chi connectivity index (χ4n) is 10.1. The first kappa shape index (κ1) is 85.1. The Labute approximate surface area is 530 Å². The molecule has 87 heavy (non-hydrogen) atoms. The van der Waals surface area contributed by atoms with Crippen molar-refractivity contribution in [2.45, 2.75) is 350 Å². The fraction of sp³-hybridized carbons (Fsp3) is 0.941. The summed E-state index contributed by atoms with van der Waals surface area (Å²) in [5.41, 5.74) is 0. The Morgan fingerprint density at radius 1 is 0.322 bits per heavy atom. The second-order valence-corrected chi connectivity index (χ2v) is 28.9. The molecule has 17 nitrogen and oxygen atoms in total. The Bertz CT molecular complexity index is 1730. The molecule has 0 aliphatic carbocycles. The van der Waals surface area contributed by atoms with Crippen LogP contribution in [0.2, 0.25) is 0 Å². The first-order valence-corrected chi connectivity index (χ1v) is 38.3. The number of aliphatic hydroxyl groups excluding tert-OH is 1.